The zero-order valence-corrected chi connectivity index (χ0v) is 15.7. The summed E-state index contributed by atoms with van der Waals surface area (Å²) in [4.78, 5) is 27.2. The number of benzene rings is 1. The summed E-state index contributed by atoms with van der Waals surface area (Å²) in [5, 5.41) is 11.4. The number of aryl methyl sites for hydroxylation is 1. The molecule has 1 fully saturated rings. The fourth-order valence-electron chi connectivity index (χ4n) is 3.49. The lowest BCUT2D eigenvalue weighted by atomic mass is 10.2. The number of hydrogen-bond acceptors (Lipinski definition) is 4. The van der Waals surface area contributed by atoms with E-state index in [1.54, 1.807) is 26.7 Å². The van der Waals surface area contributed by atoms with Crippen LogP contribution in [0.3, 0.4) is 0 Å². The molecule has 2 aromatic heterocycles. The van der Waals surface area contributed by atoms with E-state index in [4.69, 9.17) is 0 Å². The quantitative estimate of drug-likeness (QED) is 0.736. The van der Waals surface area contributed by atoms with Crippen LogP contribution in [0.4, 0.5) is 5.69 Å². The minimum absolute atomic E-state index is 0.0916. The van der Waals surface area contributed by atoms with Gasteiger partial charge in [-0.1, -0.05) is 6.07 Å². The second-order valence-corrected chi connectivity index (χ2v) is 6.89. The number of rotatable bonds is 5. The first kappa shape index (κ1) is 18.0. The largest absolute Gasteiger partial charge is 0.329 e. The number of carbonyl (C=O) groups is 2. The number of anilines is 1. The number of nitrogens with one attached hydrogen (secondary N) is 1. The smallest absolute Gasteiger partial charge is 0.247 e. The number of aromatic nitrogens is 4. The van der Waals surface area contributed by atoms with Crippen molar-refractivity contribution in [2.24, 2.45) is 0 Å². The Kier molecular flexibility index (Phi) is 4.92. The number of nitrogens with zero attached hydrogens (tertiary/aromatic N) is 5. The average molecular weight is 378 g/mol. The Hall–Kier alpha value is -3.42. The van der Waals surface area contributed by atoms with Crippen LogP contribution in [0.15, 0.2) is 55.0 Å². The van der Waals surface area contributed by atoms with Crippen molar-refractivity contribution >= 4 is 17.5 Å². The highest BCUT2D eigenvalue weighted by Crippen LogP contribution is 2.21. The van der Waals surface area contributed by atoms with Gasteiger partial charge in [0.05, 0.1) is 11.4 Å². The van der Waals surface area contributed by atoms with E-state index in [9.17, 15) is 9.59 Å². The third-order valence-electron chi connectivity index (χ3n) is 4.83. The van der Waals surface area contributed by atoms with Gasteiger partial charge in [0.1, 0.15) is 12.6 Å². The van der Waals surface area contributed by atoms with Gasteiger partial charge in [-0.2, -0.15) is 10.2 Å². The van der Waals surface area contributed by atoms with E-state index in [1.165, 1.54) is 0 Å². The third-order valence-corrected chi connectivity index (χ3v) is 4.83. The number of carbonyl (C=O) groups excluding carboxylic acids is 2. The summed E-state index contributed by atoms with van der Waals surface area (Å²) in [6.45, 7) is 2.61. The Balaban J connectivity index is 1.43. The summed E-state index contributed by atoms with van der Waals surface area (Å²) in [7, 11) is 0. The summed E-state index contributed by atoms with van der Waals surface area (Å²) in [5.41, 5.74) is 2.40. The van der Waals surface area contributed by atoms with Crippen LogP contribution in [-0.4, -0.2) is 48.9 Å². The van der Waals surface area contributed by atoms with Gasteiger partial charge in [0.25, 0.3) is 0 Å². The fraction of sp³-hybridized carbons (Fsp3) is 0.300. The van der Waals surface area contributed by atoms with Gasteiger partial charge in [0, 0.05) is 30.8 Å². The average Bonchev–Trinajstić information content (AvgIpc) is 3.44. The molecule has 0 bridgehead atoms. The van der Waals surface area contributed by atoms with Crippen LogP contribution < -0.4 is 5.32 Å². The van der Waals surface area contributed by atoms with Crippen molar-refractivity contribution in [3.8, 4) is 5.69 Å². The van der Waals surface area contributed by atoms with Crippen molar-refractivity contribution in [2.45, 2.75) is 32.4 Å². The fourth-order valence-corrected chi connectivity index (χ4v) is 3.49. The number of amides is 2. The molecule has 4 rings (SSSR count). The molecule has 28 heavy (non-hydrogen) atoms. The van der Waals surface area contributed by atoms with Crippen LogP contribution in [0.1, 0.15) is 18.5 Å². The molecule has 3 aromatic rings. The second-order valence-electron chi connectivity index (χ2n) is 6.89. The lowest BCUT2D eigenvalue weighted by Gasteiger charge is -2.24. The molecule has 1 N–H and O–H groups in total. The molecule has 2 amide bonds. The van der Waals surface area contributed by atoms with Gasteiger partial charge < -0.3 is 10.2 Å². The molecule has 3 heterocycles. The highest BCUT2D eigenvalue weighted by molar-refractivity contribution is 5.97. The topological polar surface area (TPSA) is 85.0 Å². The van der Waals surface area contributed by atoms with E-state index in [-0.39, 0.29) is 18.4 Å². The molecule has 1 saturated heterocycles. The van der Waals surface area contributed by atoms with Crippen LogP contribution in [0.2, 0.25) is 0 Å². The third kappa shape index (κ3) is 3.80. The van der Waals surface area contributed by atoms with Gasteiger partial charge in [-0.15, -0.1) is 0 Å². The van der Waals surface area contributed by atoms with E-state index in [0.29, 0.717) is 18.7 Å². The zero-order chi connectivity index (χ0) is 19.5. The van der Waals surface area contributed by atoms with Gasteiger partial charge in [-0.3, -0.25) is 14.3 Å². The molecule has 1 aliphatic heterocycles. The van der Waals surface area contributed by atoms with Gasteiger partial charge in [0.15, 0.2) is 0 Å². The summed E-state index contributed by atoms with van der Waals surface area (Å²) < 4.78 is 3.34. The molecular formula is C20H22N6O2. The predicted octanol–water partition coefficient (Wildman–Crippen LogP) is 2.01. The molecule has 1 atom stereocenters. The van der Waals surface area contributed by atoms with Crippen LogP contribution in [0.25, 0.3) is 5.69 Å². The van der Waals surface area contributed by atoms with Crippen molar-refractivity contribution in [3.63, 3.8) is 0 Å². The monoisotopic (exact) mass is 378 g/mol. The predicted molar refractivity (Wildman–Crippen MR) is 104 cm³/mol. The van der Waals surface area contributed by atoms with Gasteiger partial charge >= 0.3 is 0 Å². The molecule has 0 saturated carbocycles. The first-order valence-corrected chi connectivity index (χ1v) is 9.30. The molecule has 0 aliphatic carbocycles. The van der Waals surface area contributed by atoms with E-state index in [0.717, 1.165) is 17.8 Å². The van der Waals surface area contributed by atoms with E-state index in [2.05, 4.69) is 15.5 Å². The van der Waals surface area contributed by atoms with E-state index >= 15 is 0 Å². The van der Waals surface area contributed by atoms with Crippen LogP contribution >= 0.6 is 0 Å². The normalized spacial score (nSPS) is 16.3. The minimum Gasteiger partial charge on any atom is -0.329 e. The number of likely N-dealkylation sites (tertiary alicyclic amines) is 1. The Labute approximate surface area is 162 Å². The second kappa shape index (κ2) is 7.67. The maximum absolute atomic E-state index is 12.8. The van der Waals surface area contributed by atoms with Crippen molar-refractivity contribution in [3.05, 3.63) is 60.7 Å². The van der Waals surface area contributed by atoms with Crippen LogP contribution in [-0.2, 0) is 16.1 Å². The Morgan fingerprint density at radius 3 is 2.86 bits per heavy atom. The molecule has 1 unspecified atom stereocenters. The first-order valence-electron chi connectivity index (χ1n) is 9.30. The summed E-state index contributed by atoms with van der Waals surface area (Å²) in [6, 6.07) is 10.7. The van der Waals surface area contributed by atoms with E-state index in [1.807, 2.05) is 49.5 Å². The molecule has 0 spiro atoms. The van der Waals surface area contributed by atoms with Crippen molar-refractivity contribution in [2.75, 3.05) is 11.9 Å². The Morgan fingerprint density at radius 2 is 2.11 bits per heavy atom. The SMILES string of the molecule is Cc1ccn(CC(=O)N2CCCC2C(=O)Nc2cccc(-n3cccn3)c2)n1. The van der Waals surface area contributed by atoms with Crippen molar-refractivity contribution in [1.29, 1.82) is 0 Å². The Bertz CT molecular complexity index is 978. The molecule has 0 radical (unpaired) electrons. The highest BCUT2D eigenvalue weighted by atomic mass is 16.2. The first-order chi connectivity index (χ1) is 13.6. The highest BCUT2D eigenvalue weighted by Gasteiger charge is 2.34. The van der Waals surface area contributed by atoms with E-state index < -0.39 is 6.04 Å². The zero-order valence-electron chi connectivity index (χ0n) is 15.7. The van der Waals surface area contributed by atoms with Gasteiger partial charge in [-0.25, -0.2) is 4.68 Å². The summed E-state index contributed by atoms with van der Waals surface area (Å²) >= 11 is 0. The Morgan fingerprint density at radius 1 is 1.21 bits per heavy atom. The minimum atomic E-state index is -0.461. The standard InChI is InChI=1S/C20H22N6O2/c1-15-8-12-24(23-15)14-19(27)25-10-3-7-18(25)20(28)22-16-5-2-6-17(13-16)26-11-4-9-21-26/h2,4-6,8-9,11-13,18H,3,7,10,14H2,1H3,(H,22,28). The number of hydrogen-bond donors (Lipinski definition) is 1. The van der Waals surface area contributed by atoms with Crippen LogP contribution in [0.5, 0.6) is 0 Å². The van der Waals surface area contributed by atoms with Gasteiger partial charge in [0.2, 0.25) is 11.8 Å². The van der Waals surface area contributed by atoms with Crippen molar-refractivity contribution in [1.82, 2.24) is 24.5 Å². The summed E-state index contributed by atoms with van der Waals surface area (Å²) in [5.74, 6) is -0.258. The lowest BCUT2D eigenvalue weighted by Crippen LogP contribution is -2.44. The molecule has 8 nitrogen and oxygen atoms in total. The van der Waals surface area contributed by atoms with Crippen molar-refractivity contribution < 1.29 is 9.59 Å². The maximum Gasteiger partial charge on any atom is 0.247 e. The summed E-state index contributed by atoms with van der Waals surface area (Å²) in [6.07, 6.45) is 6.80. The van der Waals surface area contributed by atoms with Crippen LogP contribution in [0, 0.1) is 6.92 Å². The molecule has 8 heteroatoms. The lowest BCUT2D eigenvalue weighted by molar-refractivity contribution is -0.137. The molecule has 144 valence electrons. The maximum atomic E-state index is 12.8. The van der Waals surface area contributed by atoms with Gasteiger partial charge in [-0.05, 0) is 50.1 Å². The molecule has 1 aliphatic rings. The molecule has 1 aromatic carbocycles. The molecular weight excluding hydrogens is 356 g/mol.